The van der Waals surface area contributed by atoms with Gasteiger partial charge >= 0.3 is 19.3 Å². The van der Waals surface area contributed by atoms with Crippen molar-refractivity contribution >= 4 is 18.6 Å². The van der Waals surface area contributed by atoms with Gasteiger partial charge < -0.3 is 14.4 Å². The largest absolute Gasteiger partial charge is 0.495 e. The van der Waals surface area contributed by atoms with Crippen LogP contribution in [-0.4, -0.2) is 29.4 Å². The van der Waals surface area contributed by atoms with E-state index in [0.29, 0.717) is 6.07 Å². The molecule has 1 saturated heterocycles. The molecule has 0 aromatic heterocycles. The number of carbonyl (C=O) groups is 1. The Labute approximate surface area is 126 Å². The molecule has 0 amide bonds. The molecule has 1 aliphatic heterocycles. The number of hydrogen-bond donors (Lipinski definition) is 1. The van der Waals surface area contributed by atoms with Gasteiger partial charge in [-0.05, 0) is 45.3 Å². The maximum atomic E-state index is 13.2. The molecule has 1 aromatic carbocycles. The number of aromatic carboxylic acids is 1. The molecule has 1 aromatic rings. The third-order valence-corrected chi connectivity index (χ3v) is 4.11. The van der Waals surface area contributed by atoms with Crippen LogP contribution in [0.4, 0.5) is 13.2 Å². The maximum Gasteiger partial charge on any atom is 0.495 e. The second-order valence-electron chi connectivity index (χ2n) is 6.19. The molecule has 0 aliphatic carbocycles. The lowest BCUT2D eigenvalue weighted by molar-refractivity contribution is -0.136. The summed E-state index contributed by atoms with van der Waals surface area (Å²) in [6, 6.07) is 2.80. The highest BCUT2D eigenvalue weighted by Gasteiger charge is 2.53. The van der Waals surface area contributed by atoms with Crippen molar-refractivity contribution in [3.63, 3.8) is 0 Å². The Hall–Kier alpha value is -1.54. The average molecular weight is 316 g/mol. The predicted octanol–water partition coefficient (Wildman–Crippen LogP) is 2.70. The summed E-state index contributed by atoms with van der Waals surface area (Å²) in [5.41, 5.74) is -3.30. The van der Waals surface area contributed by atoms with Crippen LogP contribution in [0.25, 0.3) is 0 Å². The van der Waals surface area contributed by atoms with Crippen LogP contribution in [-0.2, 0) is 15.5 Å². The minimum Gasteiger partial charge on any atom is -0.478 e. The van der Waals surface area contributed by atoms with Crippen LogP contribution in [0.15, 0.2) is 18.2 Å². The molecular formula is C14H16BF3O4. The van der Waals surface area contributed by atoms with Crippen molar-refractivity contribution in [1.82, 2.24) is 0 Å². The summed E-state index contributed by atoms with van der Waals surface area (Å²) in [4.78, 5) is 10.9. The summed E-state index contributed by atoms with van der Waals surface area (Å²) in [5.74, 6) is -1.43. The molecule has 120 valence electrons. The Morgan fingerprint density at radius 1 is 1.14 bits per heavy atom. The van der Waals surface area contributed by atoms with Crippen LogP contribution in [0.1, 0.15) is 43.6 Å². The van der Waals surface area contributed by atoms with Gasteiger partial charge in [-0.2, -0.15) is 13.2 Å². The van der Waals surface area contributed by atoms with Gasteiger partial charge in [-0.3, -0.25) is 0 Å². The molecule has 0 radical (unpaired) electrons. The van der Waals surface area contributed by atoms with E-state index in [2.05, 4.69) is 0 Å². The fourth-order valence-electron chi connectivity index (χ4n) is 2.11. The van der Waals surface area contributed by atoms with Crippen molar-refractivity contribution in [2.45, 2.75) is 45.1 Å². The highest BCUT2D eigenvalue weighted by atomic mass is 19.4. The number of halogens is 3. The van der Waals surface area contributed by atoms with E-state index in [1.807, 2.05) is 0 Å². The van der Waals surface area contributed by atoms with E-state index in [1.165, 1.54) is 0 Å². The van der Waals surface area contributed by atoms with E-state index < -0.39 is 41.6 Å². The van der Waals surface area contributed by atoms with Crippen LogP contribution in [0.2, 0.25) is 0 Å². The Morgan fingerprint density at radius 3 is 2.05 bits per heavy atom. The third-order valence-electron chi connectivity index (χ3n) is 4.11. The number of rotatable bonds is 2. The van der Waals surface area contributed by atoms with Gasteiger partial charge in [0.25, 0.3) is 0 Å². The summed E-state index contributed by atoms with van der Waals surface area (Å²) in [5, 5.41) is 8.87. The van der Waals surface area contributed by atoms with E-state index >= 15 is 0 Å². The first-order valence-electron chi connectivity index (χ1n) is 6.65. The molecule has 4 nitrogen and oxygen atoms in total. The summed E-state index contributed by atoms with van der Waals surface area (Å²) in [7, 11) is -1.20. The Morgan fingerprint density at radius 2 is 1.64 bits per heavy atom. The normalized spacial score (nSPS) is 20.2. The van der Waals surface area contributed by atoms with Gasteiger partial charge in [0.2, 0.25) is 0 Å². The monoisotopic (exact) mass is 316 g/mol. The predicted molar refractivity (Wildman–Crippen MR) is 74.1 cm³/mol. The van der Waals surface area contributed by atoms with Crippen molar-refractivity contribution in [3.8, 4) is 0 Å². The summed E-state index contributed by atoms with van der Waals surface area (Å²) >= 11 is 0. The van der Waals surface area contributed by atoms with Crippen LogP contribution < -0.4 is 5.46 Å². The lowest BCUT2D eigenvalue weighted by atomic mass is 9.75. The fourth-order valence-corrected chi connectivity index (χ4v) is 2.11. The SMILES string of the molecule is CC1(C)OB(c2ccc(C(=O)O)cc2C(F)(F)F)OC1(C)C. The zero-order valence-electron chi connectivity index (χ0n) is 12.6. The van der Waals surface area contributed by atoms with E-state index in [4.69, 9.17) is 14.4 Å². The molecule has 1 N–H and O–H groups in total. The molecule has 22 heavy (non-hydrogen) atoms. The van der Waals surface area contributed by atoms with Crippen LogP contribution in [0.5, 0.6) is 0 Å². The van der Waals surface area contributed by atoms with Crippen LogP contribution in [0, 0.1) is 0 Å². The first-order chi connectivity index (χ1) is 9.85. The van der Waals surface area contributed by atoms with E-state index in [-0.39, 0.29) is 5.46 Å². The second-order valence-corrected chi connectivity index (χ2v) is 6.19. The molecule has 0 bridgehead atoms. The quantitative estimate of drug-likeness (QED) is 0.853. The van der Waals surface area contributed by atoms with Gasteiger partial charge in [-0.15, -0.1) is 0 Å². The topological polar surface area (TPSA) is 55.8 Å². The Balaban J connectivity index is 2.51. The van der Waals surface area contributed by atoms with Crippen LogP contribution >= 0.6 is 0 Å². The Kier molecular flexibility index (Phi) is 3.82. The van der Waals surface area contributed by atoms with Crippen LogP contribution in [0.3, 0.4) is 0 Å². The lowest BCUT2D eigenvalue weighted by Gasteiger charge is -2.32. The molecular weight excluding hydrogens is 300 g/mol. The summed E-state index contributed by atoms with van der Waals surface area (Å²) < 4.78 is 50.9. The molecule has 8 heteroatoms. The molecule has 0 saturated carbocycles. The first-order valence-corrected chi connectivity index (χ1v) is 6.65. The van der Waals surface area contributed by atoms with Gasteiger partial charge in [0.15, 0.2) is 0 Å². The third kappa shape index (κ3) is 2.85. The number of alkyl halides is 3. The number of carboxylic acid groups (broad SMARTS) is 1. The molecule has 0 unspecified atom stereocenters. The highest BCUT2D eigenvalue weighted by Crippen LogP contribution is 2.38. The lowest BCUT2D eigenvalue weighted by Crippen LogP contribution is -2.41. The number of benzene rings is 1. The van der Waals surface area contributed by atoms with Crippen molar-refractivity contribution in [2.75, 3.05) is 0 Å². The second kappa shape index (κ2) is 4.99. The summed E-state index contributed by atoms with van der Waals surface area (Å²) in [6.07, 6.45) is -4.70. The number of carboxylic acids is 1. The molecule has 1 fully saturated rings. The van der Waals surface area contributed by atoms with Crippen molar-refractivity contribution in [1.29, 1.82) is 0 Å². The van der Waals surface area contributed by atoms with E-state index in [1.54, 1.807) is 27.7 Å². The van der Waals surface area contributed by atoms with Gasteiger partial charge in [0, 0.05) is 0 Å². The standard InChI is InChI=1S/C14H16BF3O4/c1-12(2)13(3,4)22-15(21-12)10-6-5-8(11(19)20)7-9(10)14(16,17)18/h5-7H,1-4H3,(H,19,20). The Bertz CT molecular complexity index is 595. The van der Waals surface area contributed by atoms with Gasteiger partial charge in [-0.1, -0.05) is 6.07 Å². The first kappa shape index (κ1) is 16.8. The summed E-state index contributed by atoms with van der Waals surface area (Å²) in [6.45, 7) is 6.91. The minimum absolute atomic E-state index is 0.226. The van der Waals surface area contributed by atoms with Crippen molar-refractivity contribution < 1.29 is 32.4 Å². The van der Waals surface area contributed by atoms with Crippen molar-refractivity contribution in [2.24, 2.45) is 0 Å². The molecule has 2 rings (SSSR count). The zero-order chi connectivity index (χ0) is 16.9. The smallest absolute Gasteiger partial charge is 0.478 e. The molecule has 0 spiro atoms. The average Bonchev–Trinajstić information content (AvgIpc) is 2.56. The van der Waals surface area contributed by atoms with Gasteiger partial charge in [0.1, 0.15) is 0 Å². The van der Waals surface area contributed by atoms with Gasteiger partial charge in [0.05, 0.1) is 22.3 Å². The minimum atomic E-state index is -4.70. The van der Waals surface area contributed by atoms with Gasteiger partial charge in [-0.25, -0.2) is 4.79 Å². The highest BCUT2D eigenvalue weighted by molar-refractivity contribution is 6.62. The number of hydrogen-bond acceptors (Lipinski definition) is 3. The molecule has 1 aliphatic rings. The van der Waals surface area contributed by atoms with E-state index in [0.717, 1.165) is 12.1 Å². The van der Waals surface area contributed by atoms with E-state index in [9.17, 15) is 18.0 Å². The fraction of sp³-hybridized carbons (Fsp3) is 0.500. The maximum absolute atomic E-state index is 13.2. The molecule has 1 heterocycles. The van der Waals surface area contributed by atoms with Crippen molar-refractivity contribution in [3.05, 3.63) is 29.3 Å². The molecule has 0 atom stereocenters. The zero-order valence-corrected chi connectivity index (χ0v) is 12.6.